The first-order valence-corrected chi connectivity index (χ1v) is 13.0. The van der Waals surface area contributed by atoms with Crippen LogP contribution in [0, 0.1) is 23.6 Å². The molecule has 5 nitrogen and oxygen atoms in total. The van der Waals surface area contributed by atoms with Gasteiger partial charge >= 0.3 is 6.03 Å². The van der Waals surface area contributed by atoms with Gasteiger partial charge in [-0.3, -0.25) is 0 Å². The summed E-state index contributed by atoms with van der Waals surface area (Å²) in [6.07, 6.45) is 18.5. The lowest BCUT2D eigenvalue weighted by Crippen LogP contribution is -2.50. The van der Waals surface area contributed by atoms with Crippen LogP contribution in [0.2, 0.25) is 0 Å². The summed E-state index contributed by atoms with van der Waals surface area (Å²) in [5.74, 6) is 1.32. The third-order valence-electron chi connectivity index (χ3n) is 7.90. The molecule has 2 aliphatic heterocycles. The normalized spacial score (nSPS) is 30.9. The van der Waals surface area contributed by atoms with Gasteiger partial charge in [-0.2, -0.15) is 0 Å². The summed E-state index contributed by atoms with van der Waals surface area (Å²) < 4.78 is 13.2. The topological polar surface area (TPSA) is 56.4 Å². The van der Waals surface area contributed by atoms with Crippen LogP contribution in [0.1, 0.15) is 44.1 Å². The van der Waals surface area contributed by atoms with Crippen LogP contribution in [-0.4, -0.2) is 42.6 Å². The van der Waals surface area contributed by atoms with Crippen molar-refractivity contribution in [1.29, 1.82) is 0 Å². The monoisotopic (exact) mass is 464 g/mol. The molecule has 34 heavy (non-hydrogen) atoms. The van der Waals surface area contributed by atoms with E-state index in [0.717, 1.165) is 38.2 Å². The summed E-state index contributed by atoms with van der Waals surface area (Å²) in [5.41, 5.74) is 2.09. The molecule has 5 rings (SSSR count). The van der Waals surface area contributed by atoms with Gasteiger partial charge in [0.2, 0.25) is 0 Å². The Morgan fingerprint density at radius 1 is 1.09 bits per heavy atom. The third kappa shape index (κ3) is 5.90. The molecule has 2 aliphatic carbocycles. The van der Waals surface area contributed by atoms with E-state index in [9.17, 15) is 9.18 Å². The van der Waals surface area contributed by atoms with Crippen LogP contribution in [0.25, 0.3) is 0 Å². The highest BCUT2D eigenvalue weighted by Crippen LogP contribution is 2.28. The molecule has 1 saturated carbocycles. The number of halogens is 1. The quantitative estimate of drug-likeness (QED) is 0.581. The van der Waals surface area contributed by atoms with Gasteiger partial charge in [-0.1, -0.05) is 37.1 Å². The van der Waals surface area contributed by atoms with Crippen molar-refractivity contribution >= 4 is 6.03 Å². The van der Waals surface area contributed by atoms with Crippen molar-refractivity contribution in [3.63, 3.8) is 0 Å². The van der Waals surface area contributed by atoms with Gasteiger partial charge in [0, 0.05) is 30.7 Å². The first-order valence-electron chi connectivity index (χ1n) is 13.0. The van der Waals surface area contributed by atoms with Crippen molar-refractivity contribution in [2.75, 3.05) is 19.6 Å². The van der Waals surface area contributed by atoms with E-state index in [4.69, 9.17) is 0 Å². The lowest BCUT2D eigenvalue weighted by Gasteiger charge is -2.39. The summed E-state index contributed by atoms with van der Waals surface area (Å²) in [6, 6.07) is 7.35. The van der Waals surface area contributed by atoms with E-state index in [2.05, 4.69) is 39.1 Å². The van der Waals surface area contributed by atoms with Gasteiger partial charge in [0.1, 0.15) is 5.82 Å². The Bertz CT molecular complexity index is 940. The van der Waals surface area contributed by atoms with E-state index in [1.54, 1.807) is 12.1 Å². The average molecular weight is 465 g/mol. The second-order valence-electron chi connectivity index (χ2n) is 10.5. The van der Waals surface area contributed by atoms with Crippen molar-refractivity contribution in [1.82, 2.24) is 20.9 Å². The van der Waals surface area contributed by atoms with Crippen molar-refractivity contribution in [2.24, 2.45) is 17.8 Å². The first kappa shape index (κ1) is 23.2. The number of urea groups is 1. The van der Waals surface area contributed by atoms with E-state index in [1.807, 2.05) is 24.4 Å². The summed E-state index contributed by atoms with van der Waals surface area (Å²) in [7, 11) is 0. The van der Waals surface area contributed by atoms with E-state index in [0.29, 0.717) is 17.8 Å². The van der Waals surface area contributed by atoms with Crippen molar-refractivity contribution < 1.29 is 9.18 Å². The Morgan fingerprint density at radius 3 is 2.82 bits per heavy atom. The van der Waals surface area contributed by atoms with Crippen LogP contribution in [0.5, 0.6) is 0 Å². The molecule has 1 aromatic carbocycles. The van der Waals surface area contributed by atoms with Gasteiger partial charge in [0.25, 0.3) is 0 Å². The molecule has 0 radical (unpaired) electrons. The van der Waals surface area contributed by atoms with Crippen LogP contribution in [0.15, 0.2) is 60.5 Å². The number of amides is 2. The first-order chi connectivity index (χ1) is 16.6. The van der Waals surface area contributed by atoms with Crippen molar-refractivity contribution in [3.8, 4) is 0 Å². The van der Waals surface area contributed by atoms with Crippen LogP contribution >= 0.6 is 0 Å². The number of nitrogens with zero attached hydrogens (tertiary/aromatic N) is 1. The Morgan fingerprint density at radius 2 is 1.94 bits per heavy atom. The molecule has 4 aliphatic rings. The molecular weight excluding hydrogens is 427 g/mol. The maximum atomic E-state index is 13.2. The zero-order valence-electron chi connectivity index (χ0n) is 19.9. The average Bonchev–Trinajstić information content (AvgIpc) is 3.30. The minimum Gasteiger partial charge on any atom is -0.384 e. The Hall–Kier alpha value is -2.60. The number of hydrogen-bond donors (Lipinski definition) is 3. The number of piperidine rings is 1. The zero-order valence-corrected chi connectivity index (χ0v) is 19.9. The predicted molar refractivity (Wildman–Crippen MR) is 133 cm³/mol. The second-order valence-corrected chi connectivity index (χ2v) is 10.5. The summed E-state index contributed by atoms with van der Waals surface area (Å²) in [5, 5.41) is 9.67. The number of hydrogen-bond acceptors (Lipinski definition) is 3. The number of likely N-dealkylation sites (tertiary alicyclic amines) is 1. The summed E-state index contributed by atoms with van der Waals surface area (Å²) in [4.78, 5) is 15.4. The van der Waals surface area contributed by atoms with Crippen molar-refractivity contribution in [2.45, 2.75) is 57.0 Å². The number of rotatable bonds is 6. The molecule has 182 valence electrons. The number of carbonyl (C=O) groups excluding carboxylic acids is 1. The maximum absolute atomic E-state index is 13.2. The van der Waals surface area contributed by atoms with Gasteiger partial charge in [-0.25, -0.2) is 9.18 Å². The summed E-state index contributed by atoms with van der Waals surface area (Å²) >= 11 is 0. The third-order valence-corrected chi connectivity index (χ3v) is 7.90. The Labute approximate surface area is 202 Å². The lowest BCUT2D eigenvalue weighted by atomic mass is 9.83. The molecule has 2 unspecified atom stereocenters. The zero-order chi connectivity index (χ0) is 23.3. The van der Waals surface area contributed by atoms with E-state index < -0.39 is 0 Å². The molecule has 2 amide bonds. The standard InChI is InChI=1S/C28H37FN4O/c29-24-10-7-20(8-11-24)16-21-4-3-15-33(18-21)19-23-5-1-2-6-26(23)32-28(34)31-25-12-9-22-13-14-30-27(22)17-25/h7-14,17,21-23,26-27,30H,1-6,15-16,18-19H2,(H2,31,32,34)/t21-,22?,23-,26+,27?/m0/s1. The number of fused-ring (bicyclic) bond motifs is 1. The molecular formula is C28H37FN4O. The number of allylic oxidation sites excluding steroid dienone is 1. The highest BCUT2D eigenvalue weighted by Gasteiger charge is 2.30. The van der Waals surface area contributed by atoms with Crippen LogP contribution < -0.4 is 16.0 Å². The highest BCUT2D eigenvalue weighted by molar-refractivity contribution is 5.77. The van der Waals surface area contributed by atoms with E-state index in [1.165, 1.54) is 37.7 Å². The van der Waals surface area contributed by atoms with Gasteiger partial charge in [-0.05, 0) is 86.5 Å². The highest BCUT2D eigenvalue weighted by atomic mass is 19.1. The minimum absolute atomic E-state index is 0.0926. The fourth-order valence-corrected chi connectivity index (χ4v) is 6.12. The number of carbonyl (C=O) groups is 1. The molecule has 0 spiro atoms. The van der Waals surface area contributed by atoms with Crippen LogP contribution in [0.4, 0.5) is 9.18 Å². The fraction of sp³-hybridized carbons (Fsp3) is 0.536. The SMILES string of the molecule is O=C(NC1=CC2NC=CC2C=C1)N[C@@H]1CCCC[C@H]1CN1CCC[C@@H](Cc2ccc(F)cc2)C1. The van der Waals surface area contributed by atoms with Crippen LogP contribution in [-0.2, 0) is 6.42 Å². The number of nitrogens with one attached hydrogen (secondary N) is 3. The van der Waals surface area contributed by atoms with Gasteiger partial charge in [-0.15, -0.1) is 0 Å². The largest absolute Gasteiger partial charge is 0.384 e. The molecule has 3 N–H and O–H groups in total. The van der Waals surface area contributed by atoms with E-state index in [-0.39, 0.29) is 23.9 Å². The predicted octanol–water partition coefficient (Wildman–Crippen LogP) is 4.49. The Balaban J connectivity index is 1.12. The second kappa shape index (κ2) is 10.8. The Kier molecular flexibility index (Phi) is 7.33. The molecule has 6 heteroatoms. The molecule has 2 heterocycles. The number of benzene rings is 1. The van der Waals surface area contributed by atoms with Crippen LogP contribution in [0.3, 0.4) is 0 Å². The molecule has 1 aromatic rings. The smallest absolute Gasteiger partial charge is 0.319 e. The van der Waals surface area contributed by atoms with Gasteiger partial charge in [0.15, 0.2) is 0 Å². The molecule has 0 aromatic heterocycles. The molecule has 5 atom stereocenters. The minimum atomic E-state index is -0.166. The molecule has 1 saturated heterocycles. The van der Waals surface area contributed by atoms with Gasteiger partial charge < -0.3 is 20.9 Å². The fourth-order valence-electron chi connectivity index (χ4n) is 6.12. The molecule has 0 bridgehead atoms. The molecule has 2 fully saturated rings. The maximum Gasteiger partial charge on any atom is 0.319 e. The van der Waals surface area contributed by atoms with Crippen molar-refractivity contribution in [3.05, 3.63) is 71.8 Å². The summed E-state index contributed by atoms with van der Waals surface area (Å²) in [6.45, 7) is 3.28. The lowest BCUT2D eigenvalue weighted by molar-refractivity contribution is 0.122. The van der Waals surface area contributed by atoms with Gasteiger partial charge in [0.05, 0.1) is 6.04 Å². The van der Waals surface area contributed by atoms with E-state index >= 15 is 0 Å².